The monoisotopic (exact) mass is 430 g/mol. The van der Waals surface area contributed by atoms with Crippen LogP contribution in [0.5, 0.6) is 0 Å². The Morgan fingerprint density at radius 3 is 1.74 bits per heavy atom. The second-order valence-electron chi connectivity index (χ2n) is 8.77. The topological polar surface area (TPSA) is 18.5 Å². The molecule has 0 radical (unpaired) electrons. The summed E-state index contributed by atoms with van der Waals surface area (Å²) in [6.45, 7) is 8.89. The van der Waals surface area contributed by atoms with E-state index in [-0.39, 0.29) is 5.04 Å². The molecule has 0 saturated carbocycles. The number of ether oxygens (including phenoxy) is 1. The SMILES string of the molecule is CC(C)(C)[Si](OC/C=C/CCOCc1ccccc1)(c1ccccc1)c1ccccc1. The van der Waals surface area contributed by atoms with Gasteiger partial charge in [-0.15, -0.1) is 0 Å². The molecule has 0 N–H and O–H groups in total. The number of hydrogen-bond donors (Lipinski definition) is 0. The van der Waals surface area contributed by atoms with Crippen molar-refractivity contribution in [1.29, 1.82) is 0 Å². The van der Waals surface area contributed by atoms with Crippen LogP contribution in [-0.2, 0) is 15.8 Å². The van der Waals surface area contributed by atoms with Crippen molar-refractivity contribution in [3.05, 3.63) is 109 Å². The third kappa shape index (κ3) is 6.04. The molecular formula is C28H34O2Si. The lowest BCUT2D eigenvalue weighted by atomic mass is 10.2. The van der Waals surface area contributed by atoms with Crippen LogP contribution in [0.2, 0.25) is 5.04 Å². The molecule has 3 rings (SSSR count). The van der Waals surface area contributed by atoms with Crippen molar-refractivity contribution in [2.24, 2.45) is 0 Å². The molecule has 0 heterocycles. The summed E-state index contributed by atoms with van der Waals surface area (Å²) in [5, 5.41) is 2.63. The van der Waals surface area contributed by atoms with E-state index in [0.717, 1.165) is 6.42 Å². The van der Waals surface area contributed by atoms with Gasteiger partial charge in [0.25, 0.3) is 8.32 Å². The van der Waals surface area contributed by atoms with Crippen molar-refractivity contribution in [3.63, 3.8) is 0 Å². The fourth-order valence-corrected chi connectivity index (χ4v) is 8.54. The van der Waals surface area contributed by atoms with Crippen molar-refractivity contribution >= 4 is 18.7 Å². The molecule has 2 nitrogen and oxygen atoms in total. The Kier molecular flexibility index (Phi) is 8.41. The number of hydrogen-bond acceptors (Lipinski definition) is 2. The molecule has 3 aromatic carbocycles. The first kappa shape index (κ1) is 23.2. The molecule has 0 atom stereocenters. The van der Waals surface area contributed by atoms with Gasteiger partial charge in [0.2, 0.25) is 0 Å². The highest BCUT2D eigenvalue weighted by atomic mass is 28.4. The van der Waals surface area contributed by atoms with E-state index in [1.165, 1.54) is 15.9 Å². The van der Waals surface area contributed by atoms with Gasteiger partial charge in [-0.1, -0.05) is 124 Å². The van der Waals surface area contributed by atoms with Gasteiger partial charge in [0.05, 0.1) is 19.8 Å². The average Bonchev–Trinajstić information content (AvgIpc) is 2.79. The van der Waals surface area contributed by atoms with E-state index in [2.05, 4.69) is 106 Å². The van der Waals surface area contributed by atoms with Crippen molar-refractivity contribution < 1.29 is 9.16 Å². The molecule has 0 bridgehead atoms. The molecule has 0 aromatic heterocycles. The Bertz CT molecular complexity index is 876. The summed E-state index contributed by atoms with van der Waals surface area (Å²) < 4.78 is 12.6. The molecule has 31 heavy (non-hydrogen) atoms. The van der Waals surface area contributed by atoms with E-state index in [9.17, 15) is 0 Å². The summed E-state index contributed by atoms with van der Waals surface area (Å²) in [6, 6.07) is 31.8. The lowest BCUT2D eigenvalue weighted by Crippen LogP contribution is -2.66. The first-order chi connectivity index (χ1) is 15.0. The van der Waals surface area contributed by atoms with Gasteiger partial charge in [0.1, 0.15) is 0 Å². The van der Waals surface area contributed by atoms with Crippen molar-refractivity contribution in [2.75, 3.05) is 13.2 Å². The third-order valence-electron chi connectivity index (χ3n) is 5.52. The Morgan fingerprint density at radius 2 is 1.23 bits per heavy atom. The van der Waals surface area contributed by atoms with Gasteiger partial charge in [-0.25, -0.2) is 0 Å². The van der Waals surface area contributed by atoms with Crippen LogP contribution < -0.4 is 10.4 Å². The normalized spacial score (nSPS) is 12.4. The van der Waals surface area contributed by atoms with Crippen LogP contribution in [0.25, 0.3) is 0 Å². The molecule has 0 saturated heterocycles. The fraction of sp³-hybridized carbons (Fsp3) is 0.286. The second kappa shape index (κ2) is 11.2. The Labute approximate surface area is 188 Å². The molecule has 0 amide bonds. The average molecular weight is 431 g/mol. The molecule has 0 aliphatic heterocycles. The Balaban J connectivity index is 1.65. The minimum atomic E-state index is -2.45. The van der Waals surface area contributed by atoms with Crippen LogP contribution in [0.15, 0.2) is 103 Å². The molecule has 0 unspecified atom stereocenters. The maximum atomic E-state index is 6.85. The van der Waals surface area contributed by atoms with Crippen LogP contribution in [0, 0.1) is 0 Å². The first-order valence-electron chi connectivity index (χ1n) is 11.1. The van der Waals surface area contributed by atoms with E-state index in [4.69, 9.17) is 9.16 Å². The van der Waals surface area contributed by atoms with Gasteiger partial charge < -0.3 is 9.16 Å². The van der Waals surface area contributed by atoms with E-state index in [0.29, 0.717) is 19.8 Å². The first-order valence-corrected chi connectivity index (χ1v) is 13.0. The second-order valence-corrected chi connectivity index (χ2v) is 13.1. The maximum Gasteiger partial charge on any atom is 0.261 e. The molecule has 3 aromatic rings. The van der Waals surface area contributed by atoms with Gasteiger partial charge >= 0.3 is 0 Å². The molecule has 162 valence electrons. The predicted molar refractivity (Wildman–Crippen MR) is 133 cm³/mol. The zero-order chi connectivity index (χ0) is 22.0. The molecule has 0 aliphatic carbocycles. The molecule has 0 spiro atoms. The molecule has 3 heteroatoms. The van der Waals surface area contributed by atoms with E-state index in [1.54, 1.807) is 0 Å². The van der Waals surface area contributed by atoms with Crippen molar-refractivity contribution in [1.82, 2.24) is 0 Å². The standard InChI is InChI=1S/C28H34O2Si/c1-28(2,3)31(26-18-10-5-11-19-26,27-20-12-6-13-21-27)30-23-15-7-14-22-29-24-25-16-8-4-9-17-25/h4-13,15-21H,14,22-24H2,1-3H3/b15-7+. The minimum absolute atomic E-state index is 0.00232. The van der Waals surface area contributed by atoms with Gasteiger partial charge in [-0.05, 0) is 27.4 Å². The van der Waals surface area contributed by atoms with Crippen LogP contribution in [0.1, 0.15) is 32.8 Å². The fourth-order valence-electron chi connectivity index (χ4n) is 4.04. The number of benzene rings is 3. The quantitative estimate of drug-likeness (QED) is 0.232. The Morgan fingerprint density at radius 1 is 0.710 bits per heavy atom. The summed E-state index contributed by atoms with van der Waals surface area (Å²) in [7, 11) is -2.45. The van der Waals surface area contributed by atoms with E-state index in [1.807, 2.05) is 18.2 Å². The Hall–Kier alpha value is -2.46. The number of rotatable bonds is 10. The summed E-state index contributed by atoms with van der Waals surface area (Å²) in [4.78, 5) is 0. The van der Waals surface area contributed by atoms with Gasteiger partial charge in [-0.2, -0.15) is 0 Å². The lowest BCUT2D eigenvalue weighted by molar-refractivity contribution is 0.125. The minimum Gasteiger partial charge on any atom is -0.404 e. The van der Waals surface area contributed by atoms with Gasteiger partial charge in [0, 0.05) is 0 Å². The van der Waals surface area contributed by atoms with Crippen molar-refractivity contribution in [3.8, 4) is 0 Å². The van der Waals surface area contributed by atoms with Gasteiger partial charge in [0.15, 0.2) is 0 Å². The predicted octanol–water partition coefficient (Wildman–Crippen LogP) is 5.73. The van der Waals surface area contributed by atoms with Crippen LogP contribution in [0.3, 0.4) is 0 Å². The summed E-state index contributed by atoms with van der Waals surface area (Å²) in [6.07, 6.45) is 5.20. The van der Waals surface area contributed by atoms with E-state index >= 15 is 0 Å². The molecule has 0 fully saturated rings. The highest BCUT2D eigenvalue weighted by Crippen LogP contribution is 2.36. The van der Waals surface area contributed by atoms with Gasteiger partial charge in [-0.3, -0.25) is 0 Å². The largest absolute Gasteiger partial charge is 0.404 e. The zero-order valence-electron chi connectivity index (χ0n) is 19.0. The van der Waals surface area contributed by atoms with Crippen LogP contribution >= 0.6 is 0 Å². The van der Waals surface area contributed by atoms with Crippen LogP contribution in [0.4, 0.5) is 0 Å². The summed E-state index contributed by atoms with van der Waals surface area (Å²) in [5.41, 5.74) is 1.21. The lowest BCUT2D eigenvalue weighted by Gasteiger charge is -2.42. The smallest absolute Gasteiger partial charge is 0.261 e. The highest BCUT2D eigenvalue weighted by Gasteiger charge is 2.49. The summed E-state index contributed by atoms with van der Waals surface area (Å²) in [5.74, 6) is 0. The highest BCUT2D eigenvalue weighted by molar-refractivity contribution is 6.99. The van der Waals surface area contributed by atoms with Crippen molar-refractivity contribution in [2.45, 2.75) is 38.8 Å². The zero-order valence-corrected chi connectivity index (χ0v) is 20.0. The molecular weight excluding hydrogens is 396 g/mol. The van der Waals surface area contributed by atoms with Crippen LogP contribution in [-0.4, -0.2) is 21.5 Å². The summed E-state index contributed by atoms with van der Waals surface area (Å²) >= 11 is 0. The third-order valence-corrected chi connectivity index (χ3v) is 10.5. The molecule has 0 aliphatic rings. The van der Waals surface area contributed by atoms with E-state index < -0.39 is 8.32 Å². The maximum absolute atomic E-state index is 6.85.